The SMILES string of the molecule is CCOCCNC(=NC)NCc1cccc(N2CC=CC2)c1. The highest BCUT2D eigenvalue weighted by Gasteiger charge is 2.07. The molecule has 0 spiro atoms. The fourth-order valence-corrected chi connectivity index (χ4v) is 2.34. The predicted octanol–water partition coefficient (Wildman–Crippen LogP) is 1.76. The topological polar surface area (TPSA) is 48.9 Å². The first-order valence-electron chi connectivity index (χ1n) is 7.84. The average molecular weight is 302 g/mol. The van der Waals surface area contributed by atoms with E-state index >= 15 is 0 Å². The van der Waals surface area contributed by atoms with Crippen LogP contribution in [0.4, 0.5) is 5.69 Å². The zero-order chi connectivity index (χ0) is 15.6. The minimum atomic E-state index is 0.689. The van der Waals surface area contributed by atoms with Crippen molar-refractivity contribution in [2.45, 2.75) is 13.5 Å². The molecule has 1 aromatic carbocycles. The van der Waals surface area contributed by atoms with Gasteiger partial charge in [0.05, 0.1) is 6.61 Å². The van der Waals surface area contributed by atoms with Gasteiger partial charge in [-0.15, -0.1) is 0 Å². The average Bonchev–Trinajstić information content (AvgIpc) is 3.09. The number of rotatable bonds is 7. The number of benzene rings is 1. The number of guanidine groups is 1. The molecule has 1 aliphatic rings. The van der Waals surface area contributed by atoms with Crippen molar-refractivity contribution in [3.05, 3.63) is 42.0 Å². The van der Waals surface area contributed by atoms with Crippen LogP contribution in [0.1, 0.15) is 12.5 Å². The van der Waals surface area contributed by atoms with Crippen molar-refractivity contribution >= 4 is 11.6 Å². The van der Waals surface area contributed by atoms with Crippen molar-refractivity contribution in [3.63, 3.8) is 0 Å². The fraction of sp³-hybridized carbons (Fsp3) is 0.471. The summed E-state index contributed by atoms with van der Waals surface area (Å²) in [5.41, 5.74) is 2.51. The zero-order valence-electron chi connectivity index (χ0n) is 13.5. The van der Waals surface area contributed by atoms with Gasteiger partial charge in [0.15, 0.2) is 5.96 Å². The van der Waals surface area contributed by atoms with Crippen molar-refractivity contribution in [1.82, 2.24) is 10.6 Å². The van der Waals surface area contributed by atoms with Gasteiger partial charge in [-0.2, -0.15) is 0 Å². The number of hydrogen-bond acceptors (Lipinski definition) is 3. The maximum Gasteiger partial charge on any atom is 0.191 e. The molecule has 1 aromatic rings. The van der Waals surface area contributed by atoms with Crippen LogP contribution in [0.25, 0.3) is 0 Å². The van der Waals surface area contributed by atoms with Gasteiger partial charge in [-0.25, -0.2) is 0 Å². The summed E-state index contributed by atoms with van der Waals surface area (Å²) in [5.74, 6) is 0.799. The highest BCUT2D eigenvalue weighted by molar-refractivity contribution is 5.79. The lowest BCUT2D eigenvalue weighted by Gasteiger charge is -2.19. The van der Waals surface area contributed by atoms with Gasteiger partial charge < -0.3 is 20.3 Å². The van der Waals surface area contributed by atoms with Gasteiger partial charge in [0, 0.05) is 45.5 Å². The van der Waals surface area contributed by atoms with Gasteiger partial charge in [0.1, 0.15) is 0 Å². The third kappa shape index (κ3) is 5.07. The monoisotopic (exact) mass is 302 g/mol. The molecule has 5 heteroatoms. The smallest absolute Gasteiger partial charge is 0.191 e. The summed E-state index contributed by atoms with van der Waals surface area (Å²) in [6.07, 6.45) is 4.41. The van der Waals surface area contributed by atoms with Crippen LogP contribution in [0.5, 0.6) is 0 Å². The van der Waals surface area contributed by atoms with E-state index in [0.29, 0.717) is 6.61 Å². The maximum absolute atomic E-state index is 5.31. The minimum absolute atomic E-state index is 0.689. The Morgan fingerprint density at radius 1 is 1.27 bits per heavy atom. The summed E-state index contributed by atoms with van der Waals surface area (Å²) < 4.78 is 5.31. The van der Waals surface area contributed by atoms with Crippen molar-refractivity contribution in [2.24, 2.45) is 4.99 Å². The number of nitrogens with one attached hydrogen (secondary N) is 2. The number of anilines is 1. The highest BCUT2D eigenvalue weighted by atomic mass is 16.5. The van der Waals surface area contributed by atoms with E-state index in [9.17, 15) is 0 Å². The Bertz CT molecular complexity index is 505. The molecule has 0 fully saturated rings. The van der Waals surface area contributed by atoms with E-state index in [0.717, 1.165) is 38.7 Å². The van der Waals surface area contributed by atoms with Gasteiger partial charge in [-0.05, 0) is 24.6 Å². The molecule has 0 bridgehead atoms. The maximum atomic E-state index is 5.31. The van der Waals surface area contributed by atoms with E-state index in [4.69, 9.17) is 4.74 Å². The number of nitrogens with zero attached hydrogens (tertiary/aromatic N) is 2. The third-order valence-electron chi connectivity index (χ3n) is 3.52. The number of hydrogen-bond donors (Lipinski definition) is 2. The van der Waals surface area contributed by atoms with Crippen molar-refractivity contribution in [1.29, 1.82) is 0 Å². The summed E-state index contributed by atoms with van der Waals surface area (Å²) in [4.78, 5) is 6.56. The second-order valence-corrected chi connectivity index (χ2v) is 5.10. The van der Waals surface area contributed by atoms with Gasteiger partial charge in [0.25, 0.3) is 0 Å². The summed E-state index contributed by atoms with van der Waals surface area (Å²) in [7, 11) is 1.78. The van der Waals surface area contributed by atoms with E-state index in [1.807, 2.05) is 6.92 Å². The van der Waals surface area contributed by atoms with Crippen molar-refractivity contribution in [3.8, 4) is 0 Å². The van der Waals surface area contributed by atoms with Crippen LogP contribution < -0.4 is 15.5 Å². The molecule has 0 radical (unpaired) electrons. The third-order valence-corrected chi connectivity index (χ3v) is 3.52. The Labute approximate surface area is 133 Å². The molecular formula is C17H26N4O. The molecule has 120 valence electrons. The number of ether oxygens (including phenoxy) is 1. The summed E-state index contributed by atoms with van der Waals surface area (Å²) in [6, 6.07) is 8.63. The van der Waals surface area contributed by atoms with E-state index in [1.54, 1.807) is 7.05 Å². The first-order chi connectivity index (χ1) is 10.8. The predicted molar refractivity (Wildman–Crippen MR) is 92.5 cm³/mol. The second-order valence-electron chi connectivity index (χ2n) is 5.10. The summed E-state index contributed by atoms with van der Waals surface area (Å²) in [5, 5.41) is 6.57. The van der Waals surface area contributed by atoms with Crippen LogP contribution in [-0.4, -0.2) is 45.9 Å². The van der Waals surface area contributed by atoms with Crippen LogP contribution in [0.2, 0.25) is 0 Å². The van der Waals surface area contributed by atoms with Gasteiger partial charge in [-0.3, -0.25) is 4.99 Å². The molecule has 0 amide bonds. The molecule has 0 atom stereocenters. The zero-order valence-corrected chi connectivity index (χ0v) is 13.5. The van der Waals surface area contributed by atoms with Crippen molar-refractivity contribution in [2.75, 3.05) is 44.8 Å². The van der Waals surface area contributed by atoms with Gasteiger partial charge in [-0.1, -0.05) is 24.3 Å². The molecule has 0 unspecified atom stereocenters. The second kappa shape index (κ2) is 9.10. The van der Waals surface area contributed by atoms with Gasteiger partial charge in [0.2, 0.25) is 0 Å². The van der Waals surface area contributed by atoms with E-state index in [1.165, 1.54) is 11.3 Å². The Balaban J connectivity index is 1.81. The molecule has 0 saturated carbocycles. The Morgan fingerprint density at radius 2 is 2.09 bits per heavy atom. The lowest BCUT2D eigenvalue weighted by atomic mass is 10.2. The fourth-order valence-electron chi connectivity index (χ4n) is 2.34. The van der Waals surface area contributed by atoms with Crippen LogP contribution in [0.3, 0.4) is 0 Å². The van der Waals surface area contributed by atoms with Crippen LogP contribution >= 0.6 is 0 Å². The Morgan fingerprint density at radius 3 is 2.82 bits per heavy atom. The molecule has 0 saturated heterocycles. The van der Waals surface area contributed by atoms with E-state index in [2.05, 4.69) is 56.9 Å². The van der Waals surface area contributed by atoms with Gasteiger partial charge >= 0.3 is 0 Å². The highest BCUT2D eigenvalue weighted by Crippen LogP contribution is 2.18. The van der Waals surface area contributed by atoms with Crippen molar-refractivity contribution < 1.29 is 4.74 Å². The summed E-state index contributed by atoms with van der Waals surface area (Å²) >= 11 is 0. The lowest BCUT2D eigenvalue weighted by Crippen LogP contribution is -2.38. The van der Waals surface area contributed by atoms with E-state index < -0.39 is 0 Å². The number of aliphatic imine (C=N–C) groups is 1. The molecular weight excluding hydrogens is 276 g/mol. The summed E-state index contributed by atoms with van der Waals surface area (Å²) in [6.45, 7) is 6.93. The molecule has 5 nitrogen and oxygen atoms in total. The Kier molecular flexibility index (Phi) is 6.77. The largest absolute Gasteiger partial charge is 0.380 e. The molecule has 0 aromatic heterocycles. The molecule has 1 heterocycles. The van der Waals surface area contributed by atoms with Crippen LogP contribution in [-0.2, 0) is 11.3 Å². The molecule has 2 N–H and O–H groups in total. The van der Waals surface area contributed by atoms with E-state index in [-0.39, 0.29) is 0 Å². The first kappa shape index (κ1) is 16.4. The molecule has 22 heavy (non-hydrogen) atoms. The van der Waals surface area contributed by atoms with Crippen LogP contribution in [0.15, 0.2) is 41.4 Å². The molecule has 1 aliphatic heterocycles. The lowest BCUT2D eigenvalue weighted by molar-refractivity contribution is 0.152. The quantitative estimate of drug-likeness (QED) is 0.349. The molecule has 0 aliphatic carbocycles. The van der Waals surface area contributed by atoms with Crippen LogP contribution in [0, 0.1) is 0 Å². The molecule has 2 rings (SSSR count). The minimum Gasteiger partial charge on any atom is -0.380 e. The Hall–Kier alpha value is -2.01. The normalized spacial score (nSPS) is 14.5. The standard InChI is InChI=1S/C17H26N4O/c1-3-22-12-9-19-17(18-2)20-14-15-7-6-8-16(13-15)21-10-4-5-11-21/h4-8,13H,3,9-12,14H2,1-2H3,(H2,18,19,20). The first-order valence-corrected chi connectivity index (χ1v) is 7.84.